The van der Waals surface area contributed by atoms with Crippen molar-refractivity contribution < 1.29 is 9.59 Å². The second kappa shape index (κ2) is 6.80. The van der Waals surface area contributed by atoms with Crippen LogP contribution < -0.4 is 5.32 Å². The highest BCUT2D eigenvalue weighted by Crippen LogP contribution is 2.20. The number of thiazole rings is 1. The van der Waals surface area contributed by atoms with Crippen LogP contribution in [0.3, 0.4) is 0 Å². The summed E-state index contributed by atoms with van der Waals surface area (Å²) in [4.78, 5) is 31.8. The Labute approximate surface area is 143 Å². The molecular weight excluding hydrogens is 330 g/mol. The Morgan fingerprint density at radius 2 is 2.04 bits per heavy atom. The fourth-order valence-corrected chi connectivity index (χ4v) is 4.21. The second-order valence-corrected chi connectivity index (χ2v) is 7.88. The highest BCUT2D eigenvalue weighted by Gasteiger charge is 2.27. The summed E-state index contributed by atoms with van der Waals surface area (Å²) < 4.78 is 0. The molecule has 0 bridgehead atoms. The number of thiophene rings is 1. The molecule has 0 aromatic carbocycles. The number of likely N-dealkylation sites (tertiary alicyclic amines) is 1. The lowest BCUT2D eigenvalue weighted by molar-refractivity contribution is 0.0692. The highest BCUT2D eigenvalue weighted by atomic mass is 32.1. The first-order valence-corrected chi connectivity index (χ1v) is 9.37. The van der Waals surface area contributed by atoms with Crippen molar-refractivity contribution in [1.29, 1.82) is 0 Å². The summed E-state index contributed by atoms with van der Waals surface area (Å²) in [6.07, 6.45) is 1.56. The first-order chi connectivity index (χ1) is 11.0. The summed E-state index contributed by atoms with van der Waals surface area (Å²) in [5.74, 6) is -0.0172. The van der Waals surface area contributed by atoms with E-state index in [0.29, 0.717) is 24.3 Å². The van der Waals surface area contributed by atoms with E-state index in [1.54, 1.807) is 11.3 Å². The summed E-state index contributed by atoms with van der Waals surface area (Å²) in [6, 6.07) is 1.95. The summed E-state index contributed by atoms with van der Waals surface area (Å²) >= 11 is 3.07. The monoisotopic (exact) mass is 349 g/mol. The van der Waals surface area contributed by atoms with Gasteiger partial charge in [0.05, 0.1) is 5.01 Å². The maximum absolute atomic E-state index is 12.5. The van der Waals surface area contributed by atoms with Gasteiger partial charge in [0, 0.05) is 35.0 Å². The molecule has 5 nitrogen and oxygen atoms in total. The van der Waals surface area contributed by atoms with Crippen LogP contribution >= 0.6 is 22.7 Å². The maximum atomic E-state index is 12.5. The Morgan fingerprint density at radius 1 is 1.30 bits per heavy atom. The quantitative estimate of drug-likeness (QED) is 0.927. The zero-order valence-corrected chi connectivity index (χ0v) is 14.8. The average molecular weight is 349 g/mol. The van der Waals surface area contributed by atoms with Crippen molar-refractivity contribution in [2.45, 2.75) is 32.7 Å². The Kier molecular flexibility index (Phi) is 4.77. The van der Waals surface area contributed by atoms with Crippen LogP contribution in [-0.4, -0.2) is 40.8 Å². The van der Waals surface area contributed by atoms with Gasteiger partial charge in [-0.1, -0.05) is 0 Å². The molecule has 1 fully saturated rings. The van der Waals surface area contributed by atoms with E-state index < -0.39 is 0 Å². The third-order valence-electron chi connectivity index (χ3n) is 4.01. The van der Waals surface area contributed by atoms with Crippen LogP contribution in [0.2, 0.25) is 0 Å². The summed E-state index contributed by atoms with van der Waals surface area (Å²) in [7, 11) is 0. The molecule has 2 amide bonds. The molecular formula is C16H19N3O2S2. The number of rotatable bonds is 3. The van der Waals surface area contributed by atoms with Crippen molar-refractivity contribution in [2.24, 2.45) is 0 Å². The predicted molar refractivity (Wildman–Crippen MR) is 92.3 cm³/mol. The maximum Gasteiger partial charge on any atom is 0.273 e. The van der Waals surface area contributed by atoms with Crippen LogP contribution in [0.5, 0.6) is 0 Å². The first-order valence-electron chi connectivity index (χ1n) is 7.61. The number of nitrogens with one attached hydrogen (secondary N) is 1. The van der Waals surface area contributed by atoms with Crippen LogP contribution in [0.15, 0.2) is 16.8 Å². The molecule has 3 rings (SSSR count). The van der Waals surface area contributed by atoms with Gasteiger partial charge in [-0.2, -0.15) is 11.3 Å². The Bertz CT molecular complexity index is 701. The van der Waals surface area contributed by atoms with E-state index in [2.05, 4.69) is 10.3 Å². The van der Waals surface area contributed by atoms with E-state index in [0.717, 1.165) is 22.7 Å². The molecule has 0 radical (unpaired) electrons. The van der Waals surface area contributed by atoms with Gasteiger partial charge in [-0.3, -0.25) is 9.59 Å². The normalized spacial score (nSPS) is 15.7. The van der Waals surface area contributed by atoms with Crippen molar-refractivity contribution in [3.8, 4) is 0 Å². The molecule has 0 aliphatic carbocycles. The fraction of sp³-hybridized carbons (Fsp3) is 0.438. The molecule has 0 spiro atoms. The number of carbonyl (C=O) groups excluding carboxylic acids is 2. The van der Waals surface area contributed by atoms with E-state index in [4.69, 9.17) is 0 Å². The van der Waals surface area contributed by atoms with Gasteiger partial charge in [0.2, 0.25) is 0 Å². The molecule has 2 aromatic heterocycles. The number of carbonyl (C=O) groups is 2. The molecule has 0 saturated carbocycles. The van der Waals surface area contributed by atoms with Crippen molar-refractivity contribution in [3.63, 3.8) is 0 Å². The van der Waals surface area contributed by atoms with Gasteiger partial charge < -0.3 is 10.2 Å². The number of piperidine rings is 1. The van der Waals surface area contributed by atoms with Crippen molar-refractivity contribution in [3.05, 3.63) is 38.0 Å². The lowest BCUT2D eigenvalue weighted by Gasteiger charge is -2.32. The van der Waals surface area contributed by atoms with Crippen LogP contribution in [0.25, 0.3) is 0 Å². The highest BCUT2D eigenvalue weighted by molar-refractivity contribution is 7.11. The smallest absolute Gasteiger partial charge is 0.273 e. The fourth-order valence-electron chi connectivity index (χ4n) is 2.77. The third kappa shape index (κ3) is 3.61. The molecule has 1 aliphatic heterocycles. The van der Waals surface area contributed by atoms with Gasteiger partial charge in [-0.15, -0.1) is 11.3 Å². The lowest BCUT2D eigenvalue weighted by Crippen LogP contribution is -2.46. The number of aromatic nitrogens is 1. The zero-order valence-electron chi connectivity index (χ0n) is 13.2. The number of nitrogens with zero attached hydrogens (tertiary/aromatic N) is 2. The van der Waals surface area contributed by atoms with E-state index in [1.807, 2.05) is 35.6 Å². The summed E-state index contributed by atoms with van der Waals surface area (Å²) in [5.41, 5.74) is 1.29. The van der Waals surface area contributed by atoms with Gasteiger partial charge in [-0.05, 0) is 38.1 Å². The van der Waals surface area contributed by atoms with Gasteiger partial charge in [0.25, 0.3) is 11.8 Å². The van der Waals surface area contributed by atoms with Crippen molar-refractivity contribution in [1.82, 2.24) is 15.2 Å². The van der Waals surface area contributed by atoms with Gasteiger partial charge in [-0.25, -0.2) is 4.98 Å². The summed E-state index contributed by atoms with van der Waals surface area (Å²) in [6.45, 7) is 5.17. The number of amides is 2. The van der Waals surface area contributed by atoms with Crippen LogP contribution in [0.1, 0.15) is 43.6 Å². The minimum atomic E-state index is -0.0259. The van der Waals surface area contributed by atoms with Gasteiger partial charge in [0.1, 0.15) is 5.69 Å². The van der Waals surface area contributed by atoms with Crippen LogP contribution in [0, 0.1) is 13.8 Å². The van der Waals surface area contributed by atoms with E-state index >= 15 is 0 Å². The molecule has 1 aliphatic rings. The topological polar surface area (TPSA) is 62.3 Å². The number of aryl methyl sites for hydroxylation is 2. The minimum absolute atomic E-state index is 0.00876. The largest absolute Gasteiger partial charge is 0.349 e. The molecule has 1 N–H and O–H groups in total. The molecule has 23 heavy (non-hydrogen) atoms. The lowest BCUT2D eigenvalue weighted by atomic mass is 10.0. The molecule has 122 valence electrons. The number of hydrogen-bond acceptors (Lipinski definition) is 5. The standard InChI is InChI=1S/C16H19N3O2S2/c1-10-14(17-11(2)23-10)16(21)19-6-3-13(4-7-19)18-15(20)12-5-8-22-9-12/h5,8-9,13H,3-4,6-7H2,1-2H3,(H,18,20). The van der Waals surface area contributed by atoms with Crippen LogP contribution in [-0.2, 0) is 0 Å². The average Bonchev–Trinajstić information content (AvgIpc) is 3.17. The molecule has 2 aromatic rings. The van der Waals surface area contributed by atoms with E-state index in [9.17, 15) is 9.59 Å². The second-order valence-electron chi connectivity index (χ2n) is 5.69. The summed E-state index contributed by atoms with van der Waals surface area (Å²) in [5, 5.41) is 7.72. The molecule has 0 unspecified atom stereocenters. The SMILES string of the molecule is Cc1nc(C(=O)N2CCC(NC(=O)c3ccsc3)CC2)c(C)s1. The Balaban J connectivity index is 1.55. The number of hydrogen-bond donors (Lipinski definition) is 1. The van der Waals surface area contributed by atoms with Gasteiger partial charge in [0.15, 0.2) is 0 Å². The molecule has 0 atom stereocenters. The van der Waals surface area contributed by atoms with Crippen molar-refractivity contribution in [2.75, 3.05) is 13.1 Å². The first kappa shape index (κ1) is 16.1. The molecule has 1 saturated heterocycles. The van der Waals surface area contributed by atoms with Gasteiger partial charge >= 0.3 is 0 Å². The predicted octanol–water partition coefficient (Wildman–Crippen LogP) is 2.86. The Hall–Kier alpha value is -1.73. The van der Waals surface area contributed by atoms with E-state index in [-0.39, 0.29) is 17.9 Å². The molecule has 3 heterocycles. The molecule has 7 heteroatoms. The Morgan fingerprint density at radius 3 is 2.61 bits per heavy atom. The minimum Gasteiger partial charge on any atom is -0.349 e. The zero-order chi connectivity index (χ0) is 16.4. The van der Waals surface area contributed by atoms with E-state index in [1.165, 1.54) is 11.3 Å². The van der Waals surface area contributed by atoms with Crippen molar-refractivity contribution >= 4 is 34.5 Å². The van der Waals surface area contributed by atoms with Crippen LogP contribution in [0.4, 0.5) is 0 Å². The third-order valence-corrected chi connectivity index (χ3v) is 5.58.